The number of hydrogen-bond acceptors (Lipinski definition) is 7. The highest BCUT2D eigenvalue weighted by atomic mass is 16.2. The number of amides is 1. The molecule has 3 rings (SSSR count). The van der Waals surface area contributed by atoms with Crippen molar-refractivity contribution in [2.24, 2.45) is 11.5 Å². The van der Waals surface area contributed by atoms with E-state index in [1.807, 2.05) is 6.07 Å². The number of nitrogens with zero attached hydrogens (tertiary/aromatic N) is 3. The number of aromatic nitrogens is 2. The Labute approximate surface area is 189 Å². The number of hydrogen-bond donors (Lipinski definition) is 4. The van der Waals surface area contributed by atoms with Gasteiger partial charge in [-0.1, -0.05) is 6.07 Å². The Morgan fingerprint density at radius 1 is 1.12 bits per heavy atom. The lowest BCUT2D eigenvalue weighted by atomic mass is 10.1. The van der Waals surface area contributed by atoms with Gasteiger partial charge in [0.05, 0.1) is 0 Å². The molecule has 1 aliphatic heterocycles. The van der Waals surface area contributed by atoms with Gasteiger partial charge in [-0.25, -0.2) is 4.79 Å². The van der Waals surface area contributed by atoms with E-state index in [-0.39, 0.29) is 11.6 Å². The zero-order valence-corrected chi connectivity index (χ0v) is 18.6. The molecule has 0 bridgehead atoms. The van der Waals surface area contributed by atoms with Crippen LogP contribution in [-0.2, 0) is 6.54 Å². The molecule has 0 atom stereocenters. The predicted octanol–water partition coefficient (Wildman–Crippen LogP) is 1.27. The molecule has 0 saturated carbocycles. The van der Waals surface area contributed by atoms with Crippen LogP contribution in [0.4, 0.5) is 11.5 Å². The third-order valence-electron chi connectivity index (χ3n) is 5.69. The lowest BCUT2D eigenvalue weighted by Gasteiger charge is -2.29. The van der Waals surface area contributed by atoms with Crippen LogP contribution in [0.3, 0.4) is 0 Å². The van der Waals surface area contributed by atoms with Crippen LogP contribution in [-0.4, -0.2) is 59.1 Å². The van der Waals surface area contributed by atoms with E-state index in [0.29, 0.717) is 42.7 Å². The van der Waals surface area contributed by atoms with Crippen molar-refractivity contribution >= 4 is 17.4 Å². The number of anilines is 2. The highest BCUT2D eigenvalue weighted by Gasteiger charge is 2.15. The summed E-state index contributed by atoms with van der Waals surface area (Å²) in [6, 6.07) is 9.23. The fourth-order valence-corrected chi connectivity index (χ4v) is 3.75. The summed E-state index contributed by atoms with van der Waals surface area (Å²) in [6.45, 7) is 4.91. The molecule has 6 N–H and O–H groups in total. The van der Waals surface area contributed by atoms with Crippen LogP contribution in [0.5, 0.6) is 0 Å². The minimum atomic E-state index is -0.283. The van der Waals surface area contributed by atoms with Crippen molar-refractivity contribution in [2.75, 3.05) is 38.0 Å². The van der Waals surface area contributed by atoms with Gasteiger partial charge in [0, 0.05) is 36.6 Å². The van der Waals surface area contributed by atoms with Crippen LogP contribution in [0.1, 0.15) is 42.5 Å². The summed E-state index contributed by atoms with van der Waals surface area (Å²) >= 11 is 0. The maximum atomic E-state index is 12.4. The molecule has 1 amide bonds. The molecule has 1 saturated heterocycles. The second-order valence-corrected chi connectivity index (χ2v) is 8.28. The Morgan fingerprint density at radius 3 is 2.66 bits per heavy atom. The van der Waals surface area contributed by atoms with E-state index in [2.05, 4.69) is 20.5 Å². The molecule has 0 radical (unpaired) electrons. The summed E-state index contributed by atoms with van der Waals surface area (Å²) in [4.78, 5) is 31.2. The highest BCUT2D eigenvalue weighted by Crippen LogP contribution is 2.15. The van der Waals surface area contributed by atoms with Crippen molar-refractivity contribution in [3.63, 3.8) is 0 Å². The average Bonchev–Trinajstić information content (AvgIpc) is 2.79. The number of carbonyl (C=O) groups excluding carboxylic acids is 1. The number of piperidine rings is 1. The van der Waals surface area contributed by atoms with E-state index in [9.17, 15) is 9.59 Å². The molecule has 32 heavy (non-hydrogen) atoms. The van der Waals surface area contributed by atoms with Gasteiger partial charge in [-0.3, -0.25) is 9.36 Å². The summed E-state index contributed by atoms with van der Waals surface area (Å²) in [5.41, 5.74) is 12.4. The first-order chi connectivity index (χ1) is 15.5. The van der Waals surface area contributed by atoms with Gasteiger partial charge in [-0.2, -0.15) is 4.98 Å². The second kappa shape index (κ2) is 12.3. The first-order valence-corrected chi connectivity index (χ1v) is 11.5. The van der Waals surface area contributed by atoms with Crippen LogP contribution in [0.15, 0.2) is 41.3 Å². The SMILES string of the molecule is NCCCNC(=O)c1cccc(Nc2ccn(CCCCN3CCC(N)CC3)c(=O)n2)c1. The van der Waals surface area contributed by atoms with Gasteiger partial charge in [-0.05, 0) is 82.5 Å². The molecule has 2 heterocycles. The number of rotatable bonds is 11. The average molecular weight is 442 g/mol. The van der Waals surface area contributed by atoms with Gasteiger partial charge in [0.1, 0.15) is 5.82 Å². The third kappa shape index (κ3) is 7.44. The zero-order valence-electron chi connectivity index (χ0n) is 18.6. The van der Waals surface area contributed by atoms with Gasteiger partial charge < -0.3 is 27.0 Å². The smallest absolute Gasteiger partial charge is 0.349 e. The fraction of sp³-hybridized carbons (Fsp3) is 0.522. The van der Waals surface area contributed by atoms with E-state index in [1.165, 1.54) is 0 Å². The molecule has 0 spiro atoms. The van der Waals surface area contributed by atoms with Crippen molar-refractivity contribution in [3.05, 3.63) is 52.6 Å². The minimum absolute atomic E-state index is 0.155. The molecule has 9 heteroatoms. The van der Waals surface area contributed by atoms with Crippen LogP contribution in [0, 0.1) is 0 Å². The summed E-state index contributed by atoms with van der Waals surface area (Å²) < 4.78 is 1.64. The van der Waals surface area contributed by atoms with Crippen molar-refractivity contribution in [1.29, 1.82) is 0 Å². The van der Waals surface area contributed by atoms with Gasteiger partial charge in [0.2, 0.25) is 0 Å². The lowest BCUT2D eigenvalue weighted by molar-refractivity contribution is 0.0953. The number of aryl methyl sites for hydroxylation is 1. The molecule has 9 nitrogen and oxygen atoms in total. The molecule has 0 unspecified atom stereocenters. The lowest BCUT2D eigenvalue weighted by Crippen LogP contribution is -2.40. The zero-order chi connectivity index (χ0) is 22.8. The number of likely N-dealkylation sites (tertiary alicyclic amines) is 1. The molecular weight excluding hydrogens is 406 g/mol. The van der Waals surface area contributed by atoms with Crippen molar-refractivity contribution in [1.82, 2.24) is 19.8 Å². The summed E-state index contributed by atoms with van der Waals surface area (Å²) in [5, 5.41) is 5.94. The number of benzene rings is 1. The third-order valence-corrected chi connectivity index (χ3v) is 5.69. The van der Waals surface area contributed by atoms with E-state index in [0.717, 1.165) is 51.7 Å². The Kier molecular flexibility index (Phi) is 9.21. The normalized spacial score (nSPS) is 14.9. The van der Waals surface area contributed by atoms with Gasteiger partial charge in [0.25, 0.3) is 5.91 Å². The van der Waals surface area contributed by atoms with Crippen molar-refractivity contribution in [3.8, 4) is 0 Å². The number of carbonyl (C=O) groups is 1. The number of nitrogens with one attached hydrogen (secondary N) is 2. The molecule has 1 aromatic carbocycles. The molecule has 174 valence electrons. The van der Waals surface area contributed by atoms with Gasteiger partial charge >= 0.3 is 5.69 Å². The fourth-order valence-electron chi connectivity index (χ4n) is 3.75. The standard InChI is InChI=1S/C23H35N7O2/c24-10-4-11-26-22(31)18-5-3-6-20(17-18)27-21-9-16-30(23(32)28-21)13-2-1-12-29-14-7-19(25)8-15-29/h3,5-6,9,16-17,19H,1-2,4,7-8,10-15,24-25H2,(H,26,31)(H,27,28,32). The largest absolute Gasteiger partial charge is 0.352 e. The molecule has 1 aliphatic rings. The Morgan fingerprint density at radius 2 is 1.91 bits per heavy atom. The van der Waals surface area contributed by atoms with E-state index in [1.54, 1.807) is 35.0 Å². The van der Waals surface area contributed by atoms with Crippen LogP contribution < -0.4 is 27.8 Å². The van der Waals surface area contributed by atoms with Crippen molar-refractivity contribution in [2.45, 2.75) is 44.7 Å². The van der Waals surface area contributed by atoms with Crippen molar-refractivity contribution < 1.29 is 4.79 Å². The first-order valence-electron chi connectivity index (χ1n) is 11.5. The van der Waals surface area contributed by atoms with Crippen LogP contribution in [0.2, 0.25) is 0 Å². The van der Waals surface area contributed by atoms with Gasteiger partial charge in [-0.15, -0.1) is 0 Å². The molecule has 1 aromatic heterocycles. The van der Waals surface area contributed by atoms with Crippen LogP contribution >= 0.6 is 0 Å². The van der Waals surface area contributed by atoms with E-state index >= 15 is 0 Å². The first kappa shape index (κ1) is 23.9. The number of nitrogens with two attached hydrogens (primary N) is 2. The maximum absolute atomic E-state index is 12.4. The molecule has 2 aromatic rings. The quantitative estimate of drug-likeness (QED) is 0.386. The molecule has 1 fully saturated rings. The minimum Gasteiger partial charge on any atom is -0.352 e. The number of unbranched alkanes of at least 4 members (excludes halogenated alkanes) is 1. The van der Waals surface area contributed by atoms with Gasteiger partial charge in [0.15, 0.2) is 0 Å². The van der Waals surface area contributed by atoms with E-state index < -0.39 is 0 Å². The highest BCUT2D eigenvalue weighted by molar-refractivity contribution is 5.95. The summed E-state index contributed by atoms with van der Waals surface area (Å²) in [5.74, 6) is 0.300. The molecule has 0 aliphatic carbocycles. The predicted molar refractivity (Wildman–Crippen MR) is 127 cm³/mol. The topological polar surface area (TPSA) is 131 Å². The Balaban J connectivity index is 1.48. The second-order valence-electron chi connectivity index (χ2n) is 8.28. The summed E-state index contributed by atoms with van der Waals surface area (Å²) in [7, 11) is 0. The van der Waals surface area contributed by atoms with E-state index in [4.69, 9.17) is 11.5 Å². The molecular formula is C23H35N7O2. The maximum Gasteiger partial charge on any atom is 0.349 e. The Bertz CT molecular complexity index is 923. The Hall–Kier alpha value is -2.75. The summed E-state index contributed by atoms with van der Waals surface area (Å²) in [6.07, 6.45) is 6.61. The van der Waals surface area contributed by atoms with Crippen LogP contribution in [0.25, 0.3) is 0 Å². The monoisotopic (exact) mass is 441 g/mol.